The first-order chi connectivity index (χ1) is 10.7. The summed E-state index contributed by atoms with van der Waals surface area (Å²) < 4.78 is 1.12. The number of hydrogen-bond acceptors (Lipinski definition) is 3. The van der Waals surface area contributed by atoms with E-state index in [1.807, 2.05) is 0 Å². The van der Waals surface area contributed by atoms with E-state index in [0.29, 0.717) is 5.92 Å². The van der Waals surface area contributed by atoms with Crippen LogP contribution in [0.2, 0.25) is 0 Å². The van der Waals surface area contributed by atoms with Crippen molar-refractivity contribution in [3.8, 4) is 0 Å². The summed E-state index contributed by atoms with van der Waals surface area (Å²) in [5, 5.41) is 6.47. The summed E-state index contributed by atoms with van der Waals surface area (Å²) in [5.74, 6) is 0.948. The highest BCUT2D eigenvalue weighted by molar-refractivity contribution is 9.10. The second-order valence-corrected chi connectivity index (χ2v) is 7.28. The predicted octanol–water partition coefficient (Wildman–Crippen LogP) is 2.39. The van der Waals surface area contributed by atoms with Gasteiger partial charge in [0, 0.05) is 36.3 Å². The molecule has 0 spiro atoms. The molecule has 0 saturated carbocycles. The maximum atomic E-state index is 12.2. The number of carbonyl (C=O) groups excluding carboxylic acids is 1. The normalized spacial score (nSPS) is 25.2. The smallest absolute Gasteiger partial charge is 0.224 e. The van der Waals surface area contributed by atoms with Crippen molar-refractivity contribution < 1.29 is 4.79 Å². The topological polar surface area (TPSA) is 44.4 Å². The van der Waals surface area contributed by atoms with E-state index in [1.165, 1.54) is 5.69 Å². The van der Waals surface area contributed by atoms with Gasteiger partial charge in [0.25, 0.3) is 0 Å². The number of piperidine rings is 1. The highest BCUT2D eigenvalue weighted by Gasteiger charge is 2.25. The number of halogens is 1. The molecule has 0 bridgehead atoms. The number of benzene rings is 1. The van der Waals surface area contributed by atoms with Gasteiger partial charge < -0.3 is 15.5 Å². The zero-order chi connectivity index (χ0) is 15.4. The Labute approximate surface area is 140 Å². The Balaban J connectivity index is 1.46. The Morgan fingerprint density at radius 3 is 3.09 bits per heavy atom. The molecule has 2 aliphatic rings. The minimum Gasteiger partial charge on any atom is -0.371 e. The molecule has 5 heteroatoms. The fraction of sp³-hybridized carbons (Fsp3) is 0.588. The van der Waals surface area contributed by atoms with Crippen molar-refractivity contribution in [1.29, 1.82) is 0 Å². The molecular weight excluding hydrogens is 342 g/mol. The lowest BCUT2D eigenvalue weighted by atomic mass is 9.98. The third-order valence-corrected chi connectivity index (χ3v) is 5.19. The molecular formula is C17H24BrN3O. The van der Waals surface area contributed by atoms with Gasteiger partial charge in [0.1, 0.15) is 0 Å². The zero-order valence-electron chi connectivity index (χ0n) is 12.9. The lowest BCUT2D eigenvalue weighted by Gasteiger charge is -2.23. The Morgan fingerprint density at radius 1 is 1.41 bits per heavy atom. The van der Waals surface area contributed by atoms with E-state index in [4.69, 9.17) is 0 Å². The second-order valence-electron chi connectivity index (χ2n) is 6.37. The second kappa shape index (κ2) is 7.47. The maximum Gasteiger partial charge on any atom is 0.224 e. The summed E-state index contributed by atoms with van der Waals surface area (Å²) in [4.78, 5) is 14.6. The van der Waals surface area contributed by atoms with E-state index in [-0.39, 0.29) is 11.8 Å². The van der Waals surface area contributed by atoms with E-state index in [1.54, 1.807) is 0 Å². The van der Waals surface area contributed by atoms with Crippen molar-refractivity contribution in [2.75, 3.05) is 37.6 Å². The van der Waals surface area contributed by atoms with Gasteiger partial charge in [-0.1, -0.05) is 22.0 Å². The number of amides is 1. The molecule has 0 radical (unpaired) electrons. The average molecular weight is 366 g/mol. The van der Waals surface area contributed by atoms with Gasteiger partial charge in [-0.25, -0.2) is 0 Å². The molecule has 0 aliphatic carbocycles. The first kappa shape index (κ1) is 15.8. The molecule has 1 aromatic rings. The molecule has 1 aromatic carbocycles. The first-order valence-electron chi connectivity index (χ1n) is 8.21. The molecule has 2 unspecified atom stereocenters. The van der Waals surface area contributed by atoms with E-state index < -0.39 is 0 Å². The van der Waals surface area contributed by atoms with Crippen LogP contribution in [0, 0.1) is 11.8 Å². The van der Waals surface area contributed by atoms with Gasteiger partial charge in [-0.3, -0.25) is 4.79 Å². The molecule has 2 N–H and O–H groups in total. The summed E-state index contributed by atoms with van der Waals surface area (Å²) in [5.41, 5.74) is 1.26. The highest BCUT2D eigenvalue weighted by atomic mass is 79.9. The Hall–Kier alpha value is -1.07. The maximum absolute atomic E-state index is 12.2. The van der Waals surface area contributed by atoms with Crippen molar-refractivity contribution >= 4 is 27.5 Å². The molecule has 120 valence electrons. The van der Waals surface area contributed by atoms with Gasteiger partial charge in [0.05, 0.1) is 5.92 Å². The van der Waals surface area contributed by atoms with Gasteiger partial charge in [-0.15, -0.1) is 0 Å². The number of hydrogen-bond donors (Lipinski definition) is 2. The van der Waals surface area contributed by atoms with Crippen LogP contribution < -0.4 is 15.5 Å². The lowest BCUT2D eigenvalue weighted by molar-refractivity contribution is -0.125. The Bertz CT molecular complexity index is 516. The van der Waals surface area contributed by atoms with Crippen LogP contribution in [0.15, 0.2) is 28.7 Å². The summed E-state index contributed by atoms with van der Waals surface area (Å²) in [7, 11) is 0. The minimum atomic E-state index is 0.163. The third-order valence-electron chi connectivity index (χ3n) is 4.69. The molecule has 22 heavy (non-hydrogen) atoms. The molecule has 3 rings (SSSR count). The number of rotatable bonds is 4. The van der Waals surface area contributed by atoms with Crippen LogP contribution >= 0.6 is 15.9 Å². The van der Waals surface area contributed by atoms with Crippen molar-refractivity contribution in [2.24, 2.45) is 11.8 Å². The number of nitrogens with one attached hydrogen (secondary N) is 2. The molecule has 2 fully saturated rings. The van der Waals surface area contributed by atoms with Crippen LogP contribution in [0.1, 0.15) is 19.3 Å². The van der Waals surface area contributed by atoms with E-state index in [9.17, 15) is 4.79 Å². The molecule has 2 aliphatic heterocycles. The fourth-order valence-electron chi connectivity index (χ4n) is 3.37. The van der Waals surface area contributed by atoms with Gasteiger partial charge >= 0.3 is 0 Å². The number of nitrogens with zero attached hydrogens (tertiary/aromatic N) is 1. The summed E-state index contributed by atoms with van der Waals surface area (Å²) in [6, 6.07) is 8.44. The van der Waals surface area contributed by atoms with Gasteiger partial charge in [0.2, 0.25) is 5.91 Å². The fourth-order valence-corrected chi connectivity index (χ4v) is 3.76. The van der Waals surface area contributed by atoms with Crippen LogP contribution in [-0.2, 0) is 4.79 Å². The van der Waals surface area contributed by atoms with Gasteiger partial charge in [-0.05, 0) is 49.9 Å². The summed E-state index contributed by atoms with van der Waals surface area (Å²) in [6.45, 7) is 4.79. The van der Waals surface area contributed by atoms with Crippen LogP contribution in [0.4, 0.5) is 5.69 Å². The standard InChI is InChI=1S/C17H24BrN3O/c18-15-4-1-5-16(9-15)21-8-6-13(12-21)10-20-17(22)14-3-2-7-19-11-14/h1,4-5,9,13-14,19H,2-3,6-8,10-12H2,(H,20,22). The number of anilines is 1. The van der Waals surface area contributed by atoms with Crippen molar-refractivity contribution in [3.05, 3.63) is 28.7 Å². The molecule has 0 aromatic heterocycles. The van der Waals surface area contributed by atoms with E-state index in [2.05, 4.69) is 55.7 Å². The largest absolute Gasteiger partial charge is 0.371 e. The van der Waals surface area contributed by atoms with Crippen LogP contribution in [-0.4, -0.2) is 38.6 Å². The predicted molar refractivity (Wildman–Crippen MR) is 93.1 cm³/mol. The van der Waals surface area contributed by atoms with E-state index in [0.717, 1.165) is 56.5 Å². The van der Waals surface area contributed by atoms with Crippen LogP contribution in [0.3, 0.4) is 0 Å². The van der Waals surface area contributed by atoms with Crippen LogP contribution in [0.25, 0.3) is 0 Å². The molecule has 2 saturated heterocycles. The molecule has 4 nitrogen and oxygen atoms in total. The van der Waals surface area contributed by atoms with Gasteiger partial charge in [-0.2, -0.15) is 0 Å². The lowest BCUT2D eigenvalue weighted by Crippen LogP contribution is -2.42. The minimum absolute atomic E-state index is 0.163. The highest BCUT2D eigenvalue weighted by Crippen LogP contribution is 2.26. The Kier molecular flexibility index (Phi) is 5.37. The summed E-state index contributed by atoms with van der Waals surface area (Å²) >= 11 is 3.53. The Morgan fingerprint density at radius 2 is 2.32 bits per heavy atom. The molecule has 1 amide bonds. The average Bonchev–Trinajstić information content (AvgIpc) is 3.02. The zero-order valence-corrected chi connectivity index (χ0v) is 14.4. The number of carbonyl (C=O) groups is 1. The first-order valence-corrected chi connectivity index (χ1v) is 9.00. The van der Waals surface area contributed by atoms with E-state index >= 15 is 0 Å². The van der Waals surface area contributed by atoms with Crippen molar-refractivity contribution in [2.45, 2.75) is 19.3 Å². The molecule has 2 heterocycles. The summed E-state index contributed by atoms with van der Waals surface area (Å²) in [6.07, 6.45) is 3.28. The van der Waals surface area contributed by atoms with Gasteiger partial charge in [0.15, 0.2) is 0 Å². The SMILES string of the molecule is O=C(NCC1CCN(c2cccc(Br)c2)C1)C1CCCNC1. The molecule has 2 atom stereocenters. The van der Waals surface area contributed by atoms with Crippen molar-refractivity contribution in [3.63, 3.8) is 0 Å². The third kappa shape index (κ3) is 4.02. The van der Waals surface area contributed by atoms with Crippen molar-refractivity contribution in [1.82, 2.24) is 10.6 Å². The monoisotopic (exact) mass is 365 g/mol. The van der Waals surface area contributed by atoms with Crippen LogP contribution in [0.5, 0.6) is 0 Å². The quantitative estimate of drug-likeness (QED) is 0.860.